The standard InChI is InChI=1S/C21H18FNO/c22-20-12-11-19(16-24)13-21(20)23(14-17-7-3-1-4-8-17)15-18-9-5-2-6-10-18/h1-13,16H,14-15H2. The molecule has 0 saturated heterocycles. The summed E-state index contributed by atoms with van der Waals surface area (Å²) < 4.78 is 14.4. The van der Waals surface area contributed by atoms with Crippen LogP contribution in [0.25, 0.3) is 0 Å². The van der Waals surface area contributed by atoms with Crippen LogP contribution < -0.4 is 4.90 Å². The third-order valence-electron chi connectivity index (χ3n) is 3.88. The first kappa shape index (κ1) is 15.9. The quantitative estimate of drug-likeness (QED) is 0.606. The zero-order valence-electron chi connectivity index (χ0n) is 13.2. The molecule has 3 aromatic carbocycles. The van der Waals surface area contributed by atoms with Gasteiger partial charge in [0.15, 0.2) is 0 Å². The summed E-state index contributed by atoms with van der Waals surface area (Å²) >= 11 is 0. The zero-order chi connectivity index (χ0) is 16.8. The predicted molar refractivity (Wildman–Crippen MR) is 94.6 cm³/mol. The van der Waals surface area contributed by atoms with Crippen molar-refractivity contribution in [2.45, 2.75) is 13.1 Å². The van der Waals surface area contributed by atoms with E-state index in [-0.39, 0.29) is 5.82 Å². The number of carbonyl (C=O) groups is 1. The Kier molecular flexibility index (Phi) is 5.02. The second-order valence-electron chi connectivity index (χ2n) is 5.66. The molecule has 0 spiro atoms. The van der Waals surface area contributed by atoms with Gasteiger partial charge in [0.25, 0.3) is 0 Å². The second kappa shape index (κ2) is 7.55. The van der Waals surface area contributed by atoms with Crippen LogP contribution in [0, 0.1) is 5.82 Å². The van der Waals surface area contributed by atoms with Crippen molar-refractivity contribution >= 4 is 12.0 Å². The lowest BCUT2D eigenvalue weighted by atomic mass is 10.1. The molecule has 0 aliphatic carbocycles. The monoisotopic (exact) mass is 319 g/mol. The number of hydrogen-bond donors (Lipinski definition) is 0. The highest BCUT2D eigenvalue weighted by molar-refractivity contribution is 5.77. The van der Waals surface area contributed by atoms with Gasteiger partial charge in [-0.25, -0.2) is 4.39 Å². The maximum Gasteiger partial charge on any atom is 0.150 e. The molecule has 0 saturated carbocycles. The van der Waals surface area contributed by atoms with Crippen LogP contribution in [-0.4, -0.2) is 6.29 Å². The zero-order valence-corrected chi connectivity index (χ0v) is 13.2. The number of benzene rings is 3. The van der Waals surface area contributed by atoms with Crippen LogP contribution in [0.5, 0.6) is 0 Å². The first-order valence-electron chi connectivity index (χ1n) is 7.84. The number of nitrogens with zero attached hydrogens (tertiary/aromatic N) is 1. The topological polar surface area (TPSA) is 20.3 Å². The summed E-state index contributed by atoms with van der Waals surface area (Å²) in [5.41, 5.74) is 3.08. The summed E-state index contributed by atoms with van der Waals surface area (Å²) in [6.45, 7) is 1.13. The number of rotatable bonds is 6. The van der Waals surface area contributed by atoms with Crippen LogP contribution in [0.15, 0.2) is 78.9 Å². The van der Waals surface area contributed by atoms with Gasteiger partial charge in [-0.1, -0.05) is 60.7 Å². The molecule has 0 bridgehead atoms. The highest BCUT2D eigenvalue weighted by Gasteiger charge is 2.14. The lowest BCUT2D eigenvalue weighted by molar-refractivity contribution is 0.112. The van der Waals surface area contributed by atoms with E-state index in [0.717, 1.165) is 17.4 Å². The Morgan fingerprint density at radius 1 is 0.792 bits per heavy atom. The molecule has 0 fully saturated rings. The molecule has 0 heterocycles. The fourth-order valence-corrected chi connectivity index (χ4v) is 2.68. The number of aldehydes is 1. The van der Waals surface area contributed by atoms with E-state index in [1.807, 2.05) is 65.6 Å². The van der Waals surface area contributed by atoms with Gasteiger partial charge >= 0.3 is 0 Å². The van der Waals surface area contributed by atoms with Crippen LogP contribution in [0.1, 0.15) is 21.5 Å². The molecule has 0 aliphatic rings. The molecule has 0 N–H and O–H groups in total. The molecule has 0 atom stereocenters. The molecule has 3 heteroatoms. The molecular weight excluding hydrogens is 301 g/mol. The smallest absolute Gasteiger partial charge is 0.150 e. The molecule has 0 unspecified atom stereocenters. The number of carbonyl (C=O) groups excluding carboxylic acids is 1. The molecule has 0 aromatic heterocycles. The second-order valence-corrected chi connectivity index (χ2v) is 5.66. The number of anilines is 1. The Hall–Kier alpha value is -2.94. The Labute approximate surface area is 141 Å². The van der Waals surface area contributed by atoms with E-state index in [4.69, 9.17) is 0 Å². The molecule has 0 radical (unpaired) electrons. The maximum atomic E-state index is 14.4. The van der Waals surface area contributed by atoms with Gasteiger partial charge in [-0.15, -0.1) is 0 Å². The van der Waals surface area contributed by atoms with E-state index in [2.05, 4.69) is 0 Å². The molecule has 24 heavy (non-hydrogen) atoms. The number of halogens is 1. The third kappa shape index (κ3) is 3.87. The molecule has 3 rings (SSSR count). The van der Waals surface area contributed by atoms with Crippen LogP contribution in [0.3, 0.4) is 0 Å². The van der Waals surface area contributed by atoms with E-state index in [0.29, 0.717) is 24.3 Å². The minimum atomic E-state index is -0.326. The first-order valence-corrected chi connectivity index (χ1v) is 7.84. The number of hydrogen-bond acceptors (Lipinski definition) is 2. The van der Waals surface area contributed by atoms with Crippen LogP contribution >= 0.6 is 0 Å². The molecule has 0 amide bonds. The van der Waals surface area contributed by atoms with E-state index >= 15 is 0 Å². The Morgan fingerprint density at radius 2 is 1.33 bits per heavy atom. The molecule has 120 valence electrons. The summed E-state index contributed by atoms with van der Waals surface area (Å²) in [5, 5.41) is 0. The van der Waals surface area contributed by atoms with Crippen LogP contribution in [-0.2, 0) is 13.1 Å². The van der Waals surface area contributed by atoms with Crippen molar-refractivity contribution in [2.24, 2.45) is 0 Å². The third-order valence-corrected chi connectivity index (χ3v) is 3.88. The normalized spacial score (nSPS) is 10.4. The minimum absolute atomic E-state index is 0.326. The average Bonchev–Trinajstić information content (AvgIpc) is 2.63. The first-order chi connectivity index (χ1) is 11.8. The van der Waals surface area contributed by atoms with Crippen molar-refractivity contribution in [2.75, 3.05) is 4.90 Å². The summed E-state index contributed by atoms with van der Waals surface area (Å²) in [4.78, 5) is 13.0. The van der Waals surface area contributed by atoms with Crippen molar-refractivity contribution in [3.8, 4) is 0 Å². The van der Waals surface area contributed by atoms with Crippen molar-refractivity contribution in [3.63, 3.8) is 0 Å². The Balaban J connectivity index is 1.96. The van der Waals surface area contributed by atoms with Crippen LogP contribution in [0.4, 0.5) is 10.1 Å². The molecule has 2 nitrogen and oxygen atoms in total. The highest BCUT2D eigenvalue weighted by Crippen LogP contribution is 2.24. The average molecular weight is 319 g/mol. The highest BCUT2D eigenvalue weighted by atomic mass is 19.1. The molecule has 0 aliphatic heterocycles. The van der Waals surface area contributed by atoms with Gasteiger partial charge in [0, 0.05) is 18.7 Å². The van der Waals surface area contributed by atoms with E-state index in [1.165, 1.54) is 12.1 Å². The maximum absolute atomic E-state index is 14.4. The molecular formula is C21H18FNO. The summed E-state index contributed by atoms with van der Waals surface area (Å²) in [6.07, 6.45) is 0.742. The van der Waals surface area contributed by atoms with Crippen molar-refractivity contribution in [1.82, 2.24) is 0 Å². The van der Waals surface area contributed by atoms with Crippen LogP contribution in [0.2, 0.25) is 0 Å². The lowest BCUT2D eigenvalue weighted by Crippen LogP contribution is -2.23. The Bertz CT molecular complexity index is 761. The fourth-order valence-electron chi connectivity index (χ4n) is 2.68. The predicted octanol–water partition coefficient (Wildman–Crippen LogP) is 4.85. The van der Waals surface area contributed by atoms with Gasteiger partial charge < -0.3 is 4.90 Å². The fraction of sp³-hybridized carbons (Fsp3) is 0.0952. The van der Waals surface area contributed by atoms with Gasteiger partial charge in [-0.3, -0.25) is 4.79 Å². The van der Waals surface area contributed by atoms with Gasteiger partial charge in [0.2, 0.25) is 0 Å². The minimum Gasteiger partial charge on any atom is -0.360 e. The van der Waals surface area contributed by atoms with Gasteiger partial charge in [-0.05, 0) is 29.3 Å². The lowest BCUT2D eigenvalue weighted by Gasteiger charge is -2.26. The summed E-state index contributed by atoms with van der Waals surface area (Å²) in [5.74, 6) is -0.326. The summed E-state index contributed by atoms with van der Waals surface area (Å²) in [6, 6.07) is 24.3. The SMILES string of the molecule is O=Cc1ccc(F)c(N(Cc2ccccc2)Cc2ccccc2)c1. The van der Waals surface area contributed by atoms with Gasteiger partial charge in [0.05, 0.1) is 5.69 Å². The largest absolute Gasteiger partial charge is 0.360 e. The van der Waals surface area contributed by atoms with Crippen molar-refractivity contribution < 1.29 is 9.18 Å². The van der Waals surface area contributed by atoms with Gasteiger partial charge in [0.1, 0.15) is 12.1 Å². The van der Waals surface area contributed by atoms with E-state index < -0.39 is 0 Å². The Morgan fingerprint density at radius 3 is 1.83 bits per heavy atom. The van der Waals surface area contributed by atoms with E-state index in [1.54, 1.807) is 6.07 Å². The van der Waals surface area contributed by atoms with Gasteiger partial charge in [-0.2, -0.15) is 0 Å². The molecule has 3 aromatic rings. The van der Waals surface area contributed by atoms with Crippen molar-refractivity contribution in [1.29, 1.82) is 0 Å². The van der Waals surface area contributed by atoms with Crippen molar-refractivity contribution in [3.05, 3.63) is 101 Å². The van der Waals surface area contributed by atoms with E-state index in [9.17, 15) is 9.18 Å². The summed E-state index contributed by atoms with van der Waals surface area (Å²) in [7, 11) is 0.